The number of aromatic nitrogens is 1. The van der Waals surface area contributed by atoms with Gasteiger partial charge in [-0.3, -0.25) is 4.99 Å². The zero-order chi connectivity index (χ0) is 27.2. The fourth-order valence-electron chi connectivity index (χ4n) is 5.75. The molecule has 0 aliphatic carbocycles. The van der Waals surface area contributed by atoms with Crippen LogP contribution >= 0.6 is 11.8 Å². The zero-order valence-electron chi connectivity index (χ0n) is 22.2. The molecule has 4 nitrogen and oxygen atoms in total. The Balaban J connectivity index is 1.15. The number of nitrogens with zero attached hydrogens (tertiary/aromatic N) is 2. The van der Waals surface area contributed by atoms with Crippen molar-refractivity contribution < 1.29 is 0 Å². The number of nitrogens with one attached hydrogen (secondary N) is 2. The van der Waals surface area contributed by atoms with Crippen LogP contribution in [0, 0.1) is 0 Å². The lowest BCUT2D eigenvalue weighted by atomic mass is 9.93. The van der Waals surface area contributed by atoms with Gasteiger partial charge in [-0.15, -0.1) is 0 Å². The maximum Gasteiger partial charge on any atom is 0.145 e. The van der Waals surface area contributed by atoms with Gasteiger partial charge in [-0.1, -0.05) is 121 Å². The highest BCUT2D eigenvalue weighted by atomic mass is 32.2. The minimum atomic E-state index is -0.157. The van der Waals surface area contributed by atoms with Crippen molar-refractivity contribution in [2.24, 2.45) is 4.99 Å². The molecule has 2 unspecified atom stereocenters. The van der Waals surface area contributed by atoms with E-state index in [1.165, 1.54) is 27.5 Å². The maximum atomic E-state index is 5.25. The predicted octanol–water partition coefficient (Wildman–Crippen LogP) is 9.08. The van der Waals surface area contributed by atoms with Crippen LogP contribution in [0.5, 0.6) is 0 Å². The van der Waals surface area contributed by atoms with E-state index in [2.05, 4.69) is 131 Å². The highest BCUT2D eigenvalue weighted by Crippen LogP contribution is 2.45. The molecule has 2 aliphatic rings. The second-order valence-corrected chi connectivity index (χ2v) is 11.4. The first kappa shape index (κ1) is 24.0. The number of anilines is 2. The van der Waals surface area contributed by atoms with Crippen molar-refractivity contribution in [3.63, 3.8) is 0 Å². The molecule has 3 heterocycles. The molecular formula is C36H26N4S. The van der Waals surface area contributed by atoms with Crippen LogP contribution in [0.4, 0.5) is 11.4 Å². The van der Waals surface area contributed by atoms with Crippen LogP contribution in [-0.2, 0) is 0 Å². The van der Waals surface area contributed by atoms with Crippen molar-refractivity contribution in [1.82, 2.24) is 4.98 Å². The molecule has 0 saturated carbocycles. The van der Waals surface area contributed by atoms with Crippen LogP contribution < -0.4 is 10.6 Å². The van der Waals surface area contributed by atoms with E-state index in [4.69, 9.17) is 4.99 Å². The average Bonchev–Trinajstić information content (AvgIpc) is 3.49. The van der Waals surface area contributed by atoms with E-state index in [0.29, 0.717) is 0 Å². The summed E-state index contributed by atoms with van der Waals surface area (Å²) in [5, 5.41) is 11.0. The molecule has 5 aromatic carbocycles. The van der Waals surface area contributed by atoms with Crippen LogP contribution in [0.25, 0.3) is 21.9 Å². The Morgan fingerprint density at radius 1 is 0.610 bits per heavy atom. The van der Waals surface area contributed by atoms with Gasteiger partial charge >= 0.3 is 0 Å². The zero-order valence-corrected chi connectivity index (χ0v) is 23.0. The second kappa shape index (κ2) is 9.95. The number of fused-ring (bicyclic) bond motifs is 4. The summed E-state index contributed by atoms with van der Waals surface area (Å²) in [7, 11) is 0. The molecule has 2 N–H and O–H groups in total. The van der Waals surface area contributed by atoms with E-state index < -0.39 is 0 Å². The maximum absolute atomic E-state index is 5.25. The summed E-state index contributed by atoms with van der Waals surface area (Å²) >= 11 is 1.76. The standard InChI is InChI=1S/C36H26N4S/c1-2-9-26(10-3-1)34-39-32(30-20-19-24-8-4-5-13-29(24)33(30)40-34)25-17-15-23(16-18-25)27-11-6-12-28(22-27)35-38-31-14-7-21-37-36(31)41-35/h1-22,34-35,38,40H. The van der Waals surface area contributed by atoms with Crippen molar-refractivity contribution in [2.45, 2.75) is 16.6 Å². The van der Waals surface area contributed by atoms with Crippen LogP contribution in [0.15, 0.2) is 144 Å². The molecule has 5 heteroatoms. The first-order chi connectivity index (χ1) is 20.3. The van der Waals surface area contributed by atoms with E-state index in [0.717, 1.165) is 38.8 Å². The molecule has 0 saturated heterocycles. The molecule has 6 aromatic rings. The van der Waals surface area contributed by atoms with E-state index in [1.54, 1.807) is 11.8 Å². The lowest BCUT2D eigenvalue weighted by Gasteiger charge is -2.27. The summed E-state index contributed by atoms with van der Waals surface area (Å²) in [5.41, 5.74) is 10.2. The van der Waals surface area contributed by atoms with Crippen molar-refractivity contribution in [3.8, 4) is 11.1 Å². The normalized spacial score (nSPS) is 17.2. The fourth-order valence-corrected chi connectivity index (χ4v) is 6.81. The van der Waals surface area contributed by atoms with Gasteiger partial charge in [0.2, 0.25) is 0 Å². The summed E-state index contributed by atoms with van der Waals surface area (Å²) in [5.74, 6) is 0. The van der Waals surface area contributed by atoms with Crippen LogP contribution in [0.1, 0.15) is 33.8 Å². The first-order valence-corrected chi connectivity index (χ1v) is 14.7. The van der Waals surface area contributed by atoms with Crippen molar-refractivity contribution in [3.05, 3.63) is 156 Å². The molecule has 41 heavy (non-hydrogen) atoms. The van der Waals surface area contributed by atoms with Gasteiger partial charge in [0.05, 0.1) is 17.1 Å². The topological polar surface area (TPSA) is 49.3 Å². The molecule has 0 radical (unpaired) electrons. The quantitative estimate of drug-likeness (QED) is 0.232. The minimum Gasteiger partial charge on any atom is -0.367 e. The van der Waals surface area contributed by atoms with Crippen LogP contribution in [0.2, 0.25) is 0 Å². The Labute approximate surface area is 243 Å². The molecule has 196 valence electrons. The minimum absolute atomic E-state index is 0.157. The summed E-state index contributed by atoms with van der Waals surface area (Å²) in [4.78, 5) is 9.76. The molecule has 0 spiro atoms. The lowest BCUT2D eigenvalue weighted by Crippen LogP contribution is -2.21. The van der Waals surface area contributed by atoms with Crippen molar-refractivity contribution in [2.75, 3.05) is 10.6 Å². The number of rotatable bonds is 4. The monoisotopic (exact) mass is 546 g/mol. The number of hydrogen-bond donors (Lipinski definition) is 2. The predicted molar refractivity (Wildman–Crippen MR) is 171 cm³/mol. The van der Waals surface area contributed by atoms with Crippen LogP contribution in [0.3, 0.4) is 0 Å². The van der Waals surface area contributed by atoms with E-state index in [1.807, 2.05) is 18.3 Å². The first-order valence-electron chi connectivity index (χ1n) is 13.8. The SMILES string of the molecule is c1ccc(C2N=C(c3ccc(-c4cccc(C5Nc6cccnc6S5)c4)cc3)c3ccc4ccccc4c3N2)cc1. The summed E-state index contributed by atoms with van der Waals surface area (Å²) < 4.78 is 0. The van der Waals surface area contributed by atoms with E-state index in [-0.39, 0.29) is 11.5 Å². The van der Waals surface area contributed by atoms with E-state index >= 15 is 0 Å². The van der Waals surface area contributed by atoms with Gasteiger partial charge in [-0.2, -0.15) is 0 Å². The van der Waals surface area contributed by atoms with Gasteiger partial charge in [-0.25, -0.2) is 4.98 Å². The summed E-state index contributed by atoms with van der Waals surface area (Å²) in [6, 6.07) is 45.1. The van der Waals surface area contributed by atoms with Gasteiger partial charge in [0, 0.05) is 22.7 Å². The third-order valence-electron chi connectivity index (χ3n) is 7.81. The fraction of sp³-hybridized carbons (Fsp3) is 0.0556. The molecule has 0 bridgehead atoms. The number of hydrogen-bond acceptors (Lipinski definition) is 5. The molecular weight excluding hydrogens is 520 g/mol. The van der Waals surface area contributed by atoms with Gasteiger partial charge in [0.1, 0.15) is 16.6 Å². The molecule has 0 amide bonds. The molecule has 0 fully saturated rings. The summed E-state index contributed by atoms with van der Waals surface area (Å²) in [6.07, 6.45) is 1.69. The van der Waals surface area contributed by atoms with Gasteiger partial charge < -0.3 is 10.6 Å². The van der Waals surface area contributed by atoms with Crippen molar-refractivity contribution in [1.29, 1.82) is 0 Å². The second-order valence-electron chi connectivity index (χ2n) is 10.3. The van der Waals surface area contributed by atoms with E-state index in [9.17, 15) is 0 Å². The van der Waals surface area contributed by atoms with Gasteiger partial charge in [0.15, 0.2) is 0 Å². The van der Waals surface area contributed by atoms with Crippen molar-refractivity contribution >= 4 is 39.6 Å². The highest BCUT2D eigenvalue weighted by Gasteiger charge is 2.25. The Morgan fingerprint density at radius 3 is 2.29 bits per heavy atom. The molecule has 2 aliphatic heterocycles. The average molecular weight is 547 g/mol. The van der Waals surface area contributed by atoms with Crippen LogP contribution in [-0.4, -0.2) is 10.7 Å². The largest absolute Gasteiger partial charge is 0.367 e. The summed E-state index contributed by atoms with van der Waals surface area (Å²) in [6.45, 7) is 0. The number of benzene rings is 5. The Kier molecular flexibility index (Phi) is 5.82. The number of pyridine rings is 1. The Hall–Kier alpha value is -4.87. The molecule has 1 aromatic heterocycles. The lowest BCUT2D eigenvalue weighted by molar-refractivity contribution is 0.830. The third-order valence-corrected chi connectivity index (χ3v) is 8.98. The molecule has 2 atom stereocenters. The van der Waals surface area contributed by atoms with Gasteiger partial charge in [-0.05, 0) is 45.8 Å². The number of aliphatic imine (C=N–C) groups is 1. The Morgan fingerprint density at radius 2 is 1.41 bits per heavy atom. The highest BCUT2D eigenvalue weighted by molar-refractivity contribution is 8.00. The number of thioether (sulfide) groups is 1. The smallest absolute Gasteiger partial charge is 0.145 e. The Bertz CT molecular complexity index is 1910. The van der Waals surface area contributed by atoms with Gasteiger partial charge in [0.25, 0.3) is 0 Å². The molecule has 8 rings (SSSR count). The third kappa shape index (κ3) is 4.35.